The van der Waals surface area contributed by atoms with Gasteiger partial charge in [0.1, 0.15) is 0 Å². The topological polar surface area (TPSA) is 52.0 Å². The Morgan fingerprint density at radius 3 is 2.18 bits per heavy atom. The van der Waals surface area contributed by atoms with Crippen molar-refractivity contribution in [1.29, 1.82) is 0 Å². The fourth-order valence-corrected chi connectivity index (χ4v) is 1.09. The molecule has 1 atom stereocenters. The average Bonchev–Trinajstić information content (AvgIpc) is 1.97. The van der Waals surface area contributed by atoms with Gasteiger partial charge in [-0.15, -0.1) is 0 Å². The fraction of sp³-hybridized carbons (Fsp3) is 1.00. The molecular formula is C9H22N2. The zero-order valence-electron chi connectivity index (χ0n) is 7.84. The quantitative estimate of drug-likeness (QED) is 0.458. The fourth-order valence-electron chi connectivity index (χ4n) is 1.09. The number of rotatable bonds is 6. The minimum absolute atomic E-state index is 0.128. The van der Waals surface area contributed by atoms with Crippen LogP contribution in [0, 0.1) is 5.92 Å². The van der Waals surface area contributed by atoms with E-state index >= 15 is 0 Å². The van der Waals surface area contributed by atoms with E-state index in [1.165, 1.54) is 32.1 Å². The number of nitrogens with two attached hydrogens (primary N) is 2. The molecule has 0 amide bonds. The van der Waals surface area contributed by atoms with E-state index in [0.29, 0.717) is 5.92 Å². The number of unbranched alkanes of at least 4 members (excludes halogenated alkanes) is 3. The van der Waals surface area contributed by atoms with Crippen LogP contribution >= 0.6 is 0 Å². The molecule has 4 N–H and O–H groups in total. The van der Waals surface area contributed by atoms with Crippen molar-refractivity contribution in [2.24, 2.45) is 17.4 Å². The maximum atomic E-state index is 5.53. The van der Waals surface area contributed by atoms with Crippen LogP contribution in [0.1, 0.15) is 46.0 Å². The first-order valence-electron chi connectivity index (χ1n) is 4.69. The van der Waals surface area contributed by atoms with Crippen molar-refractivity contribution >= 4 is 0 Å². The molecule has 0 aromatic heterocycles. The van der Waals surface area contributed by atoms with Crippen molar-refractivity contribution in [3.8, 4) is 0 Å². The zero-order valence-corrected chi connectivity index (χ0v) is 7.84. The third-order valence-electron chi connectivity index (χ3n) is 2.17. The lowest BCUT2D eigenvalue weighted by molar-refractivity contribution is 0.414. The van der Waals surface area contributed by atoms with Crippen molar-refractivity contribution < 1.29 is 0 Å². The van der Waals surface area contributed by atoms with Crippen LogP contribution in [0.25, 0.3) is 0 Å². The summed E-state index contributed by atoms with van der Waals surface area (Å²) in [6.07, 6.45) is 6.29. The van der Waals surface area contributed by atoms with Crippen molar-refractivity contribution in [2.45, 2.75) is 52.1 Å². The third kappa shape index (κ3) is 6.32. The minimum atomic E-state index is -0.128. The van der Waals surface area contributed by atoms with Crippen LogP contribution in [0.4, 0.5) is 0 Å². The van der Waals surface area contributed by atoms with Crippen LogP contribution in [0.2, 0.25) is 0 Å². The molecule has 0 bridgehead atoms. The number of hydrogen-bond acceptors (Lipinski definition) is 2. The highest BCUT2D eigenvalue weighted by molar-refractivity contribution is 4.61. The molecule has 0 fully saturated rings. The van der Waals surface area contributed by atoms with Crippen LogP contribution < -0.4 is 11.5 Å². The molecule has 0 aromatic carbocycles. The smallest absolute Gasteiger partial charge is 0.0547 e. The van der Waals surface area contributed by atoms with Gasteiger partial charge in [0.2, 0.25) is 0 Å². The summed E-state index contributed by atoms with van der Waals surface area (Å²) in [7, 11) is 0. The molecule has 0 aliphatic heterocycles. The molecule has 0 spiro atoms. The van der Waals surface area contributed by atoms with Gasteiger partial charge in [-0.3, -0.25) is 0 Å². The predicted octanol–water partition coefficient (Wildman–Crippen LogP) is 1.84. The Hall–Kier alpha value is -0.0800. The van der Waals surface area contributed by atoms with Crippen LogP contribution in [0.15, 0.2) is 0 Å². The van der Waals surface area contributed by atoms with E-state index < -0.39 is 0 Å². The van der Waals surface area contributed by atoms with Gasteiger partial charge in [0.05, 0.1) is 6.17 Å². The Balaban J connectivity index is 3.10. The van der Waals surface area contributed by atoms with Gasteiger partial charge in [0.15, 0.2) is 0 Å². The summed E-state index contributed by atoms with van der Waals surface area (Å²) in [5.74, 6) is 0.479. The highest BCUT2D eigenvalue weighted by Gasteiger charge is 2.05. The molecule has 0 rings (SSSR count). The largest absolute Gasteiger partial charge is 0.316 e. The second kappa shape index (κ2) is 6.62. The van der Waals surface area contributed by atoms with E-state index in [1.54, 1.807) is 0 Å². The molecule has 0 saturated heterocycles. The average molecular weight is 158 g/mol. The molecule has 0 aromatic rings. The first kappa shape index (κ1) is 10.9. The molecule has 0 aliphatic rings. The minimum Gasteiger partial charge on any atom is -0.316 e. The molecule has 11 heavy (non-hydrogen) atoms. The van der Waals surface area contributed by atoms with Gasteiger partial charge in [-0.25, -0.2) is 0 Å². The molecule has 0 aliphatic carbocycles. The molecule has 2 heteroatoms. The normalized spacial score (nSPS) is 13.9. The van der Waals surface area contributed by atoms with Gasteiger partial charge >= 0.3 is 0 Å². The van der Waals surface area contributed by atoms with E-state index in [9.17, 15) is 0 Å². The second-order valence-electron chi connectivity index (χ2n) is 3.40. The Bertz CT molecular complexity index is 81.6. The predicted molar refractivity (Wildman–Crippen MR) is 50.1 cm³/mol. The molecule has 1 unspecified atom stereocenters. The second-order valence-corrected chi connectivity index (χ2v) is 3.40. The molecule has 2 nitrogen and oxygen atoms in total. The van der Waals surface area contributed by atoms with E-state index in [0.717, 1.165) is 0 Å². The lowest BCUT2D eigenvalue weighted by Crippen LogP contribution is -2.37. The summed E-state index contributed by atoms with van der Waals surface area (Å²) in [6, 6.07) is 0. The van der Waals surface area contributed by atoms with Crippen LogP contribution in [0.3, 0.4) is 0 Å². The maximum Gasteiger partial charge on any atom is 0.0547 e. The van der Waals surface area contributed by atoms with Crippen LogP contribution in [-0.4, -0.2) is 6.17 Å². The van der Waals surface area contributed by atoms with Gasteiger partial charge in [0.25, 0.3) is 0 Å². The lowest BCUT2D eigenvalue weighted by Gasteiger charge is -2.14. The maximum absolute atomic E-state index is 5.53. The first-order chi connectivity index (χ1) is 5.18. The van der Waals surface area contributed by atoms with Gasteiger partial charge in [-0.05, 0) is 12.3 Å². The van der Waals surface area contributed by atoms with Gasteiger partial charge in [0, 0.05) is 0 Å². The highest BCUT2D eigenvalue weighted by Crippen LogP contribution is 2.10. The van der Waals surface area contributed by atoms with Crippen molar-refractivity contribution in [1.82, 2.24) is 0 Å². The van der Waals surface area contributed by atoms with E-state index in [2.05, 4.69) is 13.8 Å². The number of hydrogen-bond donors (Lipinski definition) is 2. The van der Waals surface area contributed by atoms with E-state index in [1.807, 2.05) is 0 Å². The summed E-state index contributed by atoms with van der Waals surface area (Å²) in [5.41, 5.74) is 11.1. The Morgan fingerprint density at radius 2 is 1.73 bits per heavy atom. The lowest BCUT2D eigenvalue weighted by atomic mass is 10.0. The monoisotopic (exact) mass is 158 g/mol. The SMILES string of the molecule is CCCCCCC(C)C(N)N. The highest BCUT2D eigenvalue weighted by atomic mass is 14.9. The summed E-state index contributed by atoms with van der Waals surface area (Å²) in [6.45, 7) is 4.34. The van der Waals surface area contributed by atoms with Gasteiger partial charge in [-0.1, -0.05) is 39.5 Å². The summed E-state index contributed by atoms with van der Waals surface area (Å²) < 4.78 is 0. The van der Waals surface area contributed by atoms with Crippen LogP contribution in [-0.2, 0) is 0 Å². The van der Waals surface area contributed by atoms with E-state index in [-0.39, 0.29) is 6.17 Å². The Labute approximate surface area is 70.3 Å². The Kier molecular flexibility index (Phi) is 6.57. The Morgan fingerprint density at radius 1 is 1.09 bits per heavy atom. The van der Waals surface area contributed by atoms with Crippen molar-refractivity contribution in [3.63, 3.8) is 0 Å². The van der Waals surface area contributed by atoms with E-state index in [4.69, 9.17) is 11.5 Å². The van der Waals surface area contributed by atoms with Crippen molar-refractivity contribution in [2.75, 3.05) is 0 Å². The first-order valence-corrected chi connectivity index (χ1v) is 4.69. The zero-order chi connectivity index (χ0) is 8.69. The molecular weight excluding hydrogens is 136 g/mol. The van der Waals surface area contributed by atoms with Gasteiger partial charge < -0.3 is 11.5 Å². The summed E-state index contributed by atoms with van der Waals surface area (Å²) in [4.78, 5) is 0. The molecule has 0 radical (unpaired) electrons. The summed E-state index contributed by atoms with van der Waals surface area (Å²) in [5, 5.41) is 0. The molecule has 0 heterocycles. The molecule has 68 valence electrons. The van der Waals surface area contributed by atoms with Crippen LogP contribution in [0.5, 0.6) is 0 Å². The third-order valence-corrected chi connectivity index (χ3v) is 2.17. The standard InChI is InChI=1S/C9H22N2/c1-3-4-5-6-7-8(2)9(10)11/h8-9H,3-7,10-11H2,1-2H3. The van der Waals surface area contributed by atoms with Gasteiger partial charge in [-0.2, -0.15) is 0 Å². The van der Waals surface area contributed by atoms with Crippen molar-refractivity contribution in [3.05, 3.63) is 0 Å². The molecule has 0 saturated carbocycles. The summed E-state index contributed by atoms with van der Waals surface area (Å²) >= 11 is 0.